The van der Waals surface area contributed by atoms with Crippen LogP contribution in [0, 0.1) is 6.92 Å². The van der Waals surface area contributed by atoms with Gasteiger partial charge in [0.15, 0.2) is 0 Å². The molecule has 4 aromatic rings. The molecule has 0 heterocycles. The molecule has 0 bridgehead atoms. The van der Waals surface area contributed by atoms with Crippen molar-refractivity contribution in [2.45, 2.75) is 30.8 Å². The van der Waals surface area contributed by atoms with Gasteiger partial charge < -0.3 is 10.2 Å². The summed E-state index contributed by atoms with van der Waals surface area (Å²) in [5.41, 5.74) is 2.17. The number of nitrogens with zero attached hydrogens (tertiary/aromatic N) is 2. The zero-order valence-electron chi connectivity index (χ0n) is 23.8. The maximum absolute atomic E-state index is 14.4. The van der Waals surface area contributed by atoms with Crippen LogP contribution in [-0.4, -0.2) is 44.8 Å². The zero-order chi connectivity index (χ0) is 32.0. The van der Waals surface area contributed by atoms with Gasteiger partial charge in [-0.1, -0.05) is 100 Å². The number of hydrogen-bond donors (Lipinski definition) is 1. The number of aryl methyl sites for hydroxylation is 1. The third-order valence-corrected chi connectivity index (χ3v) is 9.85. The molecular weight excluding hydrogens is 664 g/mol. The van der Waals surface area contributed by atoms with Gasteiger partial charge in [-0.05, 0) is 60.5 Å². The minimum Gasteiger partial charge on any atom is -0.357 e. The Hall–Kier alpha value is -3.27. The number of anilines is 1. The van der Waals surface area contributed by atoms with Gasteiger partial charge in [0.25, 0.3) is 10.0 Å². The first kappa shape index (κ1) is 33.6. The number of amides is 2. The van der Waals surface area contributed by atoms with E-state index in [1.165, 1.54) is 48.3 Å². The van der Waals surface area contributed by atoms with Crippen molar-refractivity contribution < 1.29 is 18.0 Å². The maximum atomic E-state index is 14.4. The molecule has 4 rings (SSSR count). The van der Waals surface area contributed by atoms with E-state index >= 15 is 0 Å². The number of likely N-dealkylation sites (N-methyl/N-ethyl adjacent to an activating group) is 1. The van der Waals surface area contributed by atoms with Gasteiger partial charge in [-0.25, -0.2) is 8.42 Å². The highest BCUT2D eigenvalue weighted by Gasteiger charge is 2.35. The molecule has 2 amide bonds. The fourth-order valence-corrected chi connectivity index (χ4v) is 6.91. The average molecular weight is 693 g/mol. The Morgan fingerprint density at radius 1 is 0.818 bits per heavy atom. The molecule has 230 valence electrons. The summed E-state index contributed by atoms with van der Waals surface area (Å²) in [7, 11) is -2.87. The third-order valence-electron chi connectivity index (χ3n) is 6.94. The molecule has 0 saturated heterocycles. The van der Waals surface area contributed by atoms with Crippen LogP contribution in [0.5, 0.6) is 0 Å². The number of benzene rings is 4. The highest BCUT2D eigenvalue weighted by Crippen LogP contribution is 2.34. The van der Waals surface area contributed by atoms with E-state index in [1.54, 1.807) is 24.3 Å². The van der Waals surface area contributed by atoms with E-state index in [9.17, 15) is 18.0 Å². The Morgan fingerprint density at radius 2 is 1.45 bits per heavy atom. The quantitative estimate of drug-likeness (QED) is 0.180. The number of hydrogen-bond acceptors (Lipinski definition) is 4. The molecule has 0 aliphatic rings. The van der Waals surface area contributed by atoms with Crippen molar-refractivity contribution in [2.24, 2.45) is 0 Å². The molecule has 1 N–H and O–H groups in total. The molecular formula is C32H29Cl4N3O4S. The summed E-state index contributed by atoms with van der Waals surface area (Å²) in [5.74, 6) is -1.12. The zero-order valence-corrected chi connectivity index (χ0v) is 27.6. The summed E-state index contributed by atoms with van der Waals surface area (Å²) in [6.45, 7) is 1.03. The molecule has 0 saturated carbocycles. The summed E-state index contributed by atoms with van der Waals surface area (Å²) in [5, 5.41) is 3.61. The smallest absolute Gasteiger partial charge is 0.264 e. The monoisotopic (exact) mass is 691 g/mol. The maximum Gasteiger partial charge on any atom is 0.264 e. The van der Waals surface area contributed by atoms with E-state index in [1.807, 2.05) is 37.3 Å². The standard InChI is InChI=1S/C32H29Cl4N3O4S/c1-21-8-13-26(14-9-21)44(42,43)39(29-18-25(34)12-15-27(29)35)20-31(40)38(19-23-10-11-24(33)17-28(23)36)30(32(41)37-2)16-22-6-4-3-5-7-22/h3-15,17-18,30H,16,19-20H2,1-2H3,(H,37,41)/t30-/m0/s1. The van der Waals surface area contributed by atoms with Gasteiger partial charge in [0, 0.05) is 35.1 Å². The lowest BCUT2D eigenvalue weighted by Crippen LogP contribution is -2.53. The molecule has 0 aromatic heterocycles. The van der Waals surface area contributed by atoms with Crippen LogP contribution in [0.3, 0.4) is 0 Å². The summed E-state index contributed by atoms with van der Waals surface area (Å²) in [6, 6.07) is 23.5. The van der Waals surface area contributed by atoms with E-state index < -0.39 is 34.4 Å². The van der Waals surface area contributed by atoms with Gasteiger partial charge in [-0.2, -0.15) is 0 Å². The minimum absolute atomic E-state index is 0.0112. The molecule has 44 heavy (non-hydrogen) atoms. The van der Waals surface area contributed by atoms with Crippen LogP contribution in [0.15, 0.2) is 95.9 Å². The Bertz CT molecular complexity index is 1750. The van der Waals surface area contributed by atoms with Crippen molar-refractivity contribution in [1.82, 2.24) is 10.2 Å². The van der Waals surface area contributed by atoms with Crippen molar-refractivity contribution >= 4 is 73.9 Å². The van der Waals surface area contributed by atoms with Crippen LogP contribution in [0.1, 0.15) is 16.7 Å². The number of sulfonamides is 1. The molecule has 12 heteroatoms. The molecule has 4 aromatic carbocycles. The molecule has 0 unspecified atom stereocenters. The first-order valence-electron chi connectivity index (χ1n) is 13.4. The largest absolute Gasteiger partial charge is 0.357 e. The van der Waals surface area contributed by atoms with Gasteiger partial charge in [-0.15, -0.1) is 0 Å². The number of carbonyl (C=O) groups excluding carboxylic acids is 2. The van der Waals surface area contributed by atoms with Crippen LogP contribution in [0.2, 0.25) is 20.1 Å². The molecule has 0 radical (unpaired) electrons. The van der Waals surface area contributed by atoms with E-state index in [0.717, 1.165) is 15.4 Å². The predicted molar refractivity (Wildman–Crippen MR) is 177 cm³/mol. The SMILES string of the molecule is CNC(=O)[C@H](Cc1ccccc1)N(Cc1ccc(Cl)cc1Cl)C(=O)CN(c1cc(Cl)ccc1Cl)S(=O)(=O)c1ccc(C)cc1. The normalized spacial score (nSPS) is 12.0. The summed E-state index contributed by atoms with van der Waals surface area (Å²) >= 11 is 25.4. The lowest BCUT2D eigenvalue weighted by molar-refractivity contribution is -0.139. The first-order chi connectivity index (χ1) is 20.9. The number of rotatable bonds is 11. The lowest BCUT2D eigenvalue weighted by Gasteiger charge is -2.34. The molecule has 0 fully saturated rings. The van der Waals surface area contributed by atoms with Crippen molar-refractivity contribution in [2.75, 3.05) is 17.9 Å². The first-order valence-corrected chi connectivity index (χ1v) is 16.4. The van der Waals surface area contributed by atoms with Crippen LogP contribution in [-0.2, 0) is 32.6 Å². The van der Waals surface area contributed by atoms with Gasteiger partial charge in [0.05, 0.1) is 15.6 Å². The van der Waals surface area contributed by atoms with Crippen LogP contribution < -0.4 is 9.62 Å². The van der Waals surface area contributed by atoms with Gasteiger partial charge in [-0.3, -0.25) is 13.9 Å². The second kappa shape index (κ2) is 14.7. The Kier molecular flexibility index (Phi) is 11.2. The molecule has 7 nitrogen and oxygen atoms in total. The average Bonchev–Trinajstić information content (AvgIpc) is 3.00. The molecule has 1 atom stereocenters. The van der Waals surface area contributed by atoms with Gasteiger partial charge in [0.1, 0.15) is 12.6 Å². The molecule has 0 spiro atoms. The minimum atomic E-state index is -4.34. The summed E-state index contributed by atoms with van der Waals surface area (Å²) < 4.78 is 29.1. The molecule has 0 aliphatic heterocycles. The topological polar surface area (TPSA) is 86.8 Å². The highest BCUT2D eigenvalue weighted by molar-refractivity contribution is 7.92. The summed E-state index contributed by atoms with van der Waals surface area (Å²) in [6.07, 6.45) is 0.153. The van der Waals surface area contributed by atoms with Gasteiger partial charge >= 0.3 is 0 Å². The van der Waals surface area contributed by atoms with E-state index in [0.29, 0.717) is 10.6 Å². The fraction of sp³-hybridized carbons (Fsp3) is 0.188. The third kappa shape index (κ3) is 8.06. The lowest BCUT2D eigenvalue weighted by atomic mass is 10.0. The van der Waals surface area contributed by atoms with Crippen LogP contribution >= 0.6 is 46.4 Å². The Morgan fingerprint density at radius 3 is 2.09 bits per heavy atom. The number of halogens is 4. The van der Waals surface area contributed by atoms with Crippen molar-refractivity contribution in [3.05, 3.63) is 128 Å². The predicted octanol–water partition coefficient (Wildman–Crippen LogP) is 7.19. The van der Waals surface area contributed by atoms with E-state index in [4.69, 9.17) is 46.4 Å². The highest BCUT2D eigenvalue weighted by atomic mass is 35.5. The summed E-state index contributed by atoms with van der Waals surface area (Å²) in [4.78, 5) is 29.0. The van der Waals surface area contributed by atoms with E-state index in [2.05, 4.69) is 5.32 Å². The second-order valence-corrected chi connectivity index (χ2v) is 13.5. The Balaban J connectivity index is 1.84. The van der Waals surface area contributed by atoms with Crippen LogP contribution in [0.25, 0.3) is 0 Å². The van der Waals surface area contributed by atoms with Crippen LogP contribution in [0.4, 0.5) is 5.69 Å². The van der Waals surface area contributed by atoms with Crippen molar-refractivity contribution in [3.63, 3.8) is 0 Å². The second-order valence-electron chi connectivity index (χ2n) is 10.00. The van der Waals surface area contributed by atoms with E-state index in [-0.39, 0.29) is 38.6 Å². The van der Waals surface area contributed by atoms with Crippen molar-refractivity contribution in [3.8, 4) is 0 Å². The van der Waals surface area contributed by atoms with Gasteiger partial charge in [0.2, 0.25) is 11.8 Å². The fourth-order valence-electron chi connectivity index (χ4n) is 4.58. The molecule has 0 aliphatic carbocycles. The number of carbonyl (C=O) groups is 2. The Labute approximate surface area is 277 Å². The number of nitrogens with one attached hydrogen (secondary N) is 1. The van der Waals surface area contributed by atoms with Crippen molar-refractivity contribution in [1.29, 1.82) is 0 Å².